The number of carboxylic acid groups (broad SMARTS) is 2. The molecule has 0 aliphatic heterocycles. The Morgan fingerprint density at radius 3 is 1.74 bits per heavy atom. The molecular weight excluding hydrogens is 356 g/mol. The second-order valence-electron chi connectivity index (χ2n) is 7.29. The van der Waals surface area contributed by atoms with Crippen LogP contribution < -0.4 is 10.6 Å². The van der Waals surface area contributed by atoms with Gasteiger partial charge in [0.25, 0.3) is 0 Å². The molecule has 9 heteroatoms. The predicted octanol–water partition coefficient (Wildman–Crippen LogP) is 0.813. The third kappa shape index (κ3) is 9.16. The van der Waals surface area contributed by atoms with Gasteiger partial charge in [-0.25, -0.2) is 4.79 Å². The molecular formula is C18H30N2O7. The van der Waals surface area contributed by atoms with E-state index in [1.165, 1.54) is 6.92 Å². The lowest BCUT2D eigenvalue weighted by Crippen LogP contribution is -2.48. The average Bonchev–Trinajstić information content (AvgIpc) is 2.52. The minimum absolute atomic E-state index is 0.109. The lowest BCUT2D eigenvalue weighted by molar-refractivity contribution is -0.144. The van der Waals surface area contributed by atoms with E-state index in [4.69, 9.17) is 5.11 Å². The predicted molar refractivity (Wildman–Crippen MR) is 96.8 cm³/mol. The van der Waals surface area contributed by atoms with Crippen LogP contribution in [0.1, 0.15) is 53.9 Å². The Labute approximate surface area is 158 Å². The highest BCUT2D eigenvalue weighted by molar-refractivity contribution is 5.93. The Morgan fingerprint density at radius 1 is 0.852 bits per heavy atom. The fourth-order valence-corrected chi connectivity index (χ4v) is 2.62. The zero-order valence-electron chi connectivity index (χ0n) is 16.4. The van der Waals surface area contributed by atoms with E-state index < -0.39 is 41.6 Å². The molecule has 0 fully saturated rings. The zero-order chi connectivity index (χ0) is 21.3. The normalized spacial score (nSPS) is 14.3. The molecule has 9 nitrogen and oxygen atoms in total. The van der Waals surface area contributed by atoms with E-state index in [0.717, 1.165) is 0 Å². The first-order chi connectivity index (χ1) is 12.4. The van der Waals surface area contributed by atoms with E-state index in [0.29, 0.717) is 0 Å². The van der Waals surface area contributed by atoms with Gasteiger partial charge in [0.05, 0.1) is 6.04 Å². The quantitative estimate of drug-likeness (QED) is 0.387. The molecule has 0 saturated heterocycles. The summed E-state index contributed by atoms with van der Waals surface area (Å²) in [5.74, 6) is -5.40. The number of ketones is 1. The fraction of sp³-hybridized carbons (Fsp3) is 0.722. The molecule has 0 aliphatic carbocycles. The fourth-order valence-electron chi connectivity index (χ4n) is 2.62. The van der Waals surface area contributed by atoms with E-state index >= 15 is 0 Å². The molecule has 0 unspecified atom stereocenters. The van der Waals surface area contributed by atoms with Crippen molar-refractivity contribution in [1.29, 1.82) is 0 Å². The van der Waals surface area contributed by atoms with E-state index in [9.17, 15) is 29.1 Å². The van der Waals surface area contributed by atoms with Crippen molar-refractivity contribution in [3.05, 3.63) is 0 Å². The number of hydrogen-bond donors (Lipinski definition) is 4. The van der Waals surface area contributed by atoms with Gasteiger partial charge in [-0.1, -0.05) is 27.7 Å². The number of Topliss-reactive ketones (excluding diaryl/α,β-unsaturated/α-hetero) is 1. The molecule has 0 rings (SSSR count). The summed E-state index contributed by atoms with van der Waals surface area (Å²) in [7, 11) is 0. The highest BCUT2D eigenvalue weighted by atomic mass is 16.4. The van der Waals surface area contributed by atoms with Crippen LogP contribution >= 0.6 is 0 Å². The van der Waals surface area contributed by atoms with E-state index in [2.05, 4.69) is 10.6 Å². The van der Waals surface area contributed by atoms with Crippen molar-refractivity contribution in [2.45, 2.75) is 66.0 Å². The molecule has 4 N–H and O–H groups in total. The van der Waals surface area contributed by atoms with Gasteiger partial charge < -0.3 is 20.8 Å². The second-order valence-corrected chi connectivity index (χ2v) is 7.29. The molecule has 27 heavy (non-hydrogen) atoms. The molecule has 0 bridgehead atoms. The Morgan fingerprint density at radius 2 is 1.37 bits per heavy atom. The molecule has 0 radical (unpaired) electrons. The Balaban J connectivity index is 5.35. The Hall–Kier alpha value is -2.45. The minimum Gasteiger partial charge on any atom is -0.481 e. The van der Waals surface area contributed by atoms with Crippen LogP contribution in [0.25, 0.3) is 0 Å². The molecule has 3 atom stereocenters. The number of aliphatic carboxylic acids is 2. The standard InChI is InChI=1S/C18H30N2O7/c1-9(2)15(19-11(5)21)13(22)8-12(6-7-14(23)24)17(25)20-16(10(3)4)18(26)27/h9-10,12,15-16H,6-8H2,1-5H3,(H,19,21)(H,20,25)(H,23,24)(H,26,27)/t12-,15+,16+/m1/s1. The summed E-state index contributed by atoms with van der Waals surface area (Å²) < 4.78 is 0. The van der Waals surface area contributed by atoms with Crippen molar-refractivity contribution < 1.29 is 34.2 Å². The second kappa shape index (κ2) is 11.3. The summed E-state index contributed by atoms with van der Waals surface area (Å²) in [4.78, 5) is 58.6. The van der Waals surface area contributed by atoms with Gasteiger partial charge in [-0.2, -0.15) is 0 Å². The number of hydrogen-bond acceptors (Lipinski definition) is 5. The first-order valence-electron chi connectivity index (χ1n) is 8.91. The van der Waals surface area contributed by atoms with E-state index in [1.807, 2.05) is 0 Å². The topological polar surface area (TPSA) is 150 Å². The summed E-state index contributed by atoms with van der Waals surface area (Å²) in [6, 6.07) is -1.95. The van der Waals surface area contributed by atoms with Crippen LogP contribution in [0.4, 0.5) is 0 Å². The lowest BCUT2D eigenvalue weighted by Gasteiger charge is -2.25. The number of amides is 2. The highest BCUT2D eigenvalue weighted by Gasteiger charge is 2.32. The summed E-state index contributed by atoms with van der Waals surface area (Å²) in [5, 5.41) is 23.0. The van der Waals surface area contributed by atoms with Gasteiger partial charge in [0, 0.05) is 25.7 Å². The first-order valence-corrected chi connectivity index (χ1v) is 8.91. The summed E-state index contributed by atoms with van der Waals surface area (Å²) in [5.41, 5.74) is 0. The number of carboxylic acids is 2. The molecule has 0 aromatic carbocycles. The first kappa shape index (κ1) is 24.6. The van der Waals surface area contributed by atoms with Crippen molar-refractivity contribution >= 4 is 29.5 Å². The van der Waals surface area contributed by atoms with Gasteiger partial charge in [-0.15, -0.1) is 0 Å². The lowest BCUT2D eigenvalue weighted by atomic mass is 9.89. The van der Waals surface area contributed by atoms with E-state index in [1.54, 1.807) is 27.7 Å². The largest absolute Gasteiger partial charge is 0.481 e. The molecule has 0 heterocycles. The van der Waals surface area contributed by atoms with Crippen LogP contribution in [0.3, 0.4) is 0 Å². The van der Waals surface area contributed by atoms with Crippen LogP contribution in [0.15, 0.2) is 0 Å². The van der Waals surface area contributed by atoms with Gasteiger partial charge in [-0.05, 0) is 18.3 Å². The van der Waals surface area contributed by atoms with Crippen molar-refractivity contribution in [3.8, 4) is 0 Å². The molecule has 2 amide bonds. The summed E-state index contributed by atoms with van der Waals surface area (Å²) >= 11 is 0. The molecule has 0 aliphatic rings. The smallest absolute Gasteiger partial charge is 0.326 e. The third-order valence-corrected chi connectivity index (χ3v) is 4.13. The van der Waals surface area contributed by atoms with Crippen LogP contribution in [0.5, 0.6) is 0 Å². The van der Waals surface area contributed by atoms with Crippen LogP contribution in [0, 0.1) is 17.8 Å². The molecule has 0 spiro atoms. The van der Waals surface area contributed by atoms with Gasteiger partial charge in [0.1, 0.15) is 6.04 Å². The monoisotopic (exact) mass is 386 g/mol. The highest BCUT2D eigenvalue weighted by Crippen LogP contribution is 2.17. The summed E-state index contributed by atoms with van der Waals surface area (Å²) in [6.45, 7) is 8.01. The molecule has 0 aromatic rings. The molecule has 0 saturated carbocycles. The van der Waals surface area contributed by atoms with Crippen molar-refractivity contribution in [3.63, 3.8) is 0 Å². The molecule has 0 aromatic heterocycles. The number of rotatable bonds is 12. The Kier molecular flexibility index (Phi) is 10.3. The van der Waals surface area contributed by atoms with Crippen molar-refractivity contribution in [2.24, 2.45) is 17.8 Å². The van der Waals surface area contributed by atoms with Crippen molar-refractivity contribution in [1.82, 2.24) is 10.6 Å². The van der Waals surface area contributed by atoms with Gasteiger partial charge >= 0.3 is 11.9 Å². The maximum absolute atomic E-state index is 12.6. The number of carbonyl (C=O) groups is 5. The number of carbonyl (C=O) groups excluding carboxylic acids is 3. The number of nitrogens with one attached hydrogen (secondary N) is 2. The van der Waals surface area contributed by atoms with E-state index in [-0.39, 0.29) is 37.0 Å². The van der Waals surface area contributed by atoms with Gasteiger partial charge in [0.2, 0.25) is 11.8 Å². The SMILES string of the molecule is CC(=O)N[C@H](C(=O)C[C@@H](CCC(=O)O)C(=O)N[C@H](C(=O)O)C(C)C)C(C)C. The average molecular weight is 386 g/mol. The summed E-state index contributed by atoms with van der Waals surface area (Å²) in [6.07, 6.45) is -0.730. The van der Waals surface area contributed by atoms with Gasteiger partial charge in [-0.3, -0.25) is 19.2 Å². The minimum atomic E-state index is -1.21. The van der Waals surface area contributed by atoms with Crippen LogP contribution in [-0.4, -0.2) is 51.8 Å². The maximum Gasteiger partial charge on any atom is 0.326 e. The Bertz CT molecular complexity index is 572. The molecule has 154 valence electrons. The van der Waals surface area contributed by atoms with Gasteiger partial charge in [0.15, 0.2) is 5.78 Å². The van der Waals surface area contributed by atoms with Crippen molar-refractivity contribution in [2.75, 3.05) is 0 Å². The van der Waals surface area contributed by atoms with Crippen LogP contribution in [0.2, 0.25) is 0 Å². The third-order valence-electron chi connectivity index (χ3n) is 4.13. The van der Waals surface area contributed by atoms with Crippen LogP contribution in [-0.2, 0) is 24.0 Å². The maximum atomic E-state index is 12.6. The zero-order valence-corrected chi connectivity index (χ0v) is 16.4.